The minimum atomic E-state index is -0.487. The minimum absolute atomic E-state index is 0.0355. The molecule has 2 heterocycles. The predicted octanol–water partition coefficient (Wildman–Crippen LogP) is 8.79. The molecule has 2 saturated heterocycles. The number of oxime groups is 1. The van der Waals surface area contributed by atoms with E-state index in [1.807, 2.05) is 34.6 Å². The smallest absolute Gasteiger partial charge is 0.159 e. The summed E-state index contributed by atoms with van der Waals surface area (Å²) >= 11 is 0. The van der Waals surface area contributed by atoms with E-state index in [2.05, 4.69) is 79.2 Å². The van der Waals surface area contributed by atoms with E-state index in [4.69, 9.17) is 24.1 Å². The molecule has 288 valence electrons. The van der Waals surface area contributed by atoms with Gasteiger partial charge in [0.2, 0.25) is 0 Å². The largest absolute Gasteiger partial charge is 0.411 e. The number of carbonyl (C=O) groups is 1. The van der Waals surface area contributed by atoms with Crippen molar-refractivity contribution in [3.8, 4) is 0 Å². The molecule has 0 aromatic carbocycles. The molecule has 2 fully saturated rings. The van der Waals surface area contributed by atoms with Crippen LogP contribution >= 0.6 is 0 Å². The van der Waals surface area contributed by atoms with Crippen LogP contribution in [0.3, 0.4) is 0 Å². The topological polar surface area (TPSA) is 113 Å². The van der Waals surface area contributed by atoms with Gasteiger partial charge in [-0.25, -0.2) is 0 Å². The third-order valence-corrected chi connectivity index (χ3v) is 8.97. The minimum Gasteiger partial charge on any atom is -0.411 e. The van der Waals surface area contributed by atoms with Gasteiger partial charge in [-0.05, 0) is 84.7 Å². The van der Waals surface area contributed by atoms with Crippen LogP contribution in [0.5, 0.6) is 0 Å². The van der Waals surface area contributed by atoms with Crippen molar-refractivity contribution in [1.29, 1.82) is 0 Å². The van der Waals surface area contributed by atoms with Crippen molar-refractivity contribution in [3.05, 3.63) is 12.2 Å². The van der Waals surface area contributed by atoms with Gasteiger partial charge in [0, 0.05) is 45.1 Å². The Morgan fingerprint density at radius 2 is 1.65 bits per heavy atom. The zero-order valence-electron chi connectivity index (χ0n) is 34.2. The van der Waals surface area contributed by atoms with Crippen LogP contribution in [0, 0.1) is 23.7 Å². The van der Waals surface area contributed by atoms with E-state index in [0.717, 1.165) is 70.7 Å². The molecule has 7 unspecified atom stereocenters. The number of hydrogen-bond donors (Lipinski definition) is 2. The first-order valence-corrected chi connectivity index (χ1v) is 18.7. The van der Waals surface area contributed by atoms with Gasteiger partial charge in [-0.15, -0.1) is 0 Å². The predicted molar refractivity (Wildman–Crippen MR) is 202 cm³/mol. The first-order chi connectivity index (χ1) is 22.7. The van der Waals surface area contributed by atoms with E-state index in [0.29, 0.717) is 18.4 Å². The lowest BCUT2D eigenvalue weighted by Crippen LogP contribution is -2.45. The van der Waals surface area contributed by atoms with E-state index in [1.165, 1.54) is 5.57 Å². The molecule has 0 aromatic rings. The Morgan fingerprint density at radius 1 is 1.06 bits per heavy atom. The molecular weight excluding hydrogens is 608 g/mol. The molecule has 0 aliphatic carbocycles. The highest BCUT2D eigenvalue weighted by molar-refractivity contribution is 5.89. The number of aliphatic hydroxyl groups excluding tert-OH is 1. The molecule has 2 aliphatic rings. The molecule has 0 amide bonds. The van der Waals surface area contributed by atoms with Crippen LogP contribution in [0.2, 0.25) is 0 Å². The number of rotatable bonds is 18. The lowest BCUT2D eigenvalue weighted by Gasteiger charge is -2.38. The summed E-state index contributed by atoms with van der Waals surface area (Å²) in [5, 5.41) is 20.7. The molecule has 2 rings (SSSR count). The van der Waals surface area contributed by atoms with Crippen molar-refractivity contribution in [1.82, 2.24) is 4.90 Å². The summed E-state index contributed by atoms with van der Waals surface area (Å²) in [6.45, 7) is 29.7. The number of carbonyl (C=O) groups excluding carboxylic acids is 1. The number of nitrogens with zero attached hydrogens (tertiary/aromatic N) is 2. The molecule has 9 heteroatoms. The van der Waals surface area contributed by atoms with Gasteiger partial charge in [0.15, 0.2) is 6.29 Å². The molecular formula is C39H80N2O7. The zero-order chi connectivity index (χ0) is 38.0. The first-order valence-electron chi connectivity index (χ1n) is 18.7. The van der Waals surface area contributed by atoms with Crippen LogP contribution in [0.1, 0.15) is 134 Å². The Labute approximate surface area is 297 Å². The number of epoxide rings is 1. The number of aldehydes is 1. The third kappa shape index (κ3) is 19.7. The molecule has 0 spiro atoms. The summed E-state index contributed by atoms with van der Waals surface area (Å²) in [5.74, 6) is 0.725. The van der Waals surface area contributed by atoms with Gasteiger partial charge in [0.25, 0.3) is 0 Å². The summed E-state index contributed by atoms with van der Waals surface area (Å²) in [6, 6.07) is 0.400. The fraction of sp³-hybridized carbons (Fsp3) is 0.897. The number of methoxy groups -OCH3 is 1. The van der Waals surface area contributed by atoms with E-state index < -0.39 is 5.60 Å². The molecule has 0 bridgehead atoms. The van der Waals surface area contributed by atoms with E-state index in [1.54, 1.807) is 7.11 Å². The monoisotopic (exact) mass is 689 g/mol. The second-order valence-corrected chi connectivity index (χ2v) is 13.5. The van der Waals surface area contributed by atoms with Crippen molar-refractivity contribution < 1.29 is 34.1 Å². The Balaban J connectivity index is -0.00000147. The van der Waals surface area contributed by atoms with Gasteiger partial charge in [-0.2, -0.15) is 0 Å². The number of aliphatic hydroxyl groups is 1. The number of ether oxygens (including phenoxy) is 4. The van der Waals surface area contributed by atoms with Gasteiger partial charge in [-0.1, -0.05) is 86.5 Å². The van der Waals surface area contributed by atoms with Crippen LogP contribution in [-0.2, 0) is 23.7 Å². The fourth-order valence-corrected chi connectivity index (χ4v) is 5.82. The zero-order valence-corrected chi connectivity index (χ0v) is 34.2. The molecule has 9 nitrogen and oxygen atoms in total. The summed E-state index contributed by atoms with van der Waals surface area (Å²) < 4.78 is 23.9. The second kappa shape index (κ2) is 29.4. The lowest BCUT2D eigenvalue weighted by atomic mass is 9.80. The molecule has 0 radical (unpaired) electrons. The van der Waals surface area contributed by atoms with E-state index >= 15 is 0 Å². The summed E-state index contributed by atoms with van der Waals surface area (Å²) in [5.41, 5.74) is 1.55. The maximum atomic E-state index is 11.3. The second-order valence-electron chi connectivity index (χ2n) is 13.5. The first kappa shape index (κ1) is 51.0. The fourth-order valence-electron chi connectivity index (χ4n) is 5.82. The van der Waals surface area contributed by atoms with E-state index in [9.17, 15) is 10.0 Å². The summed E-state index contributed by atoms with van der Waals surface area (Å²) in [7, 11) is 6.92. The average Bonchev–Trinajstić information content (AvgIpc) is 3.77. The van der Waals surface area contributed by atoms with Crippen molar-refractivity contribution in [2.75, 3.05) is 34.9 Å². The van der Waals surface area contributed by atoms with Gasteiger partial charge in [0.05, 0.1) is 17.9 Å². The van der Waals surface area contributed by atoms with Crippen LogP contribution in [0.25, 0.3) is 0 Å². The van der Waals surface area contributed by atoms with Crippen molar-refractivity contribution in [3.63, 3.8) is 0 Å². The summed E-state index contributed by atoms with van der Waals surface area (Å²) in [6.07, 6.45) is 7.69. The molecule has 2 N–H and O–H groups in total. The van der Waals surface area contributed by atoms with Gasteiger partial charge in [-0.3, -0.25) is 0 Å². The maximum absolute atomic E-state index is 11.3. The maximum Gasteiger partial charge on any atom is 0.159 e. The normalized spacial score (nSPS) is 25.7. The van der Waals surface area contributed by atoms with E-state index in [-0.39, 0.29) is 42.4 Å². The molecule has 9 atom stereocenters. The molecule has 48 heavy (non-hydrogen) atoms. The van der Waals surface area contributed by atoms with Gasteiger partial charge < -0.3 is 39.0 Å². The van der Waals surface area contributed by atoms with Crippen molar-refractivity contribution >= 4 is 12.0 Å². The van der Waals surface area contributed by atoms with Crippen molar-refractivity contribution in [2.24, 2.45) is 28.8 Å². The van der Waals surface area contributed by atoms with Gasteiger partial charge >= 0.3 is 0 Å². The van der Waals surface area contributed by atoms with Gasteiger partial charge in [0.1, 0.15) is 18.0 Å². The Hall–Kier alpha value is -1.36. The highest BCUT2D eigenvalue weighted by Gasteiger charge is 2.61. The Bertz CT molecular complexity index is 822. The van der Waals surface area contributed by atoms with Crippen LogP contribution < -0.4 is 0 Å². The molecule has 2 aliphatic heterocycles. The Morgan fingerprint density at radius 3 is 2.08 bits per heavy atom. The highest BCUT2D eigenvalue weighted by atomic mass is 16.7. The van der Waals surface area contributed by atoms with Crippen molar-refractivity contribution in [2.45, 2.75) is 171 Å². The third-order valence-electron chi connectivity index (χ3n) is 8.97. The SMILES string of the molecule is C=C(CC)CCCC(C)/C(=N/O)[C@H](C)C1(C)OC1[C@@H](CCC(C)C=O)OC1CC(N(C)C)CC(C)O1.CC.CC.CO.COCC(C)C. The van der Waals surface area contributed by atoms with Crippen LogP contribution in [0.15, 0.2) is 17.3 Å². The lowest BCUT2D eigenvalue weighted by molar-refractivity contribution is -0.225. The Kier molecular flexibility index (Phi) is 31.2. The molecule has 0 aromatic heterocycles. The highest BCUT2D eigenvalue weighted by Crippen LogP contribution is 2.48. The van der Waals surface area contributed by atoms with Crippen LogP contribution in [0.4, 0.5) is 0 Å². The quantitative estimate of drug-likeness (QED) is 0.0367. The molecule has 0 saturated carbocycles. The number of allylic oxidation sites excluding steroid dienone is 1. The number of hydrogen-bond acceptors (Lipinski definition) is 9. The standard InChI is InChI=1S/C29H52N2O5.C5H12O.2C2H6.CH4O/c1-10-19(2)12-11-13-21(4)27(30-33)23(6)29(7)28(36-29)25(15-14-20(3)18-32)35-26-17-24(31(8)9)16-22(5)34-26;1-5(2)4-6-3;3*1-2/h18,20-26,28,33H,2,10-17H2,1,3-9H3;5H,4H2,1-3H3;2*1-2H3;2H,1H3/b30-27-;;;;/t20?,21?,22?,23-,24?,25+,26?,28?,29?;;;;/m0..../s1. The average molecular weight is 689 g/mol. The summed E-state index contributed by atoms with van der Waals surface area (Å²) in [4.78, 5) is 13.5. The van der Waals surface area contributed by atoms with Crippen LogP contribution in [-0.4, -0.2) is 98.4 Å².